The molecule has 0 aliphatic heterocycles. The summed E-state index contributed by atoms with van der Waals surface area (Å²) in [5, 5.41) is 0. The number of rotatable bonds is 2. The number of hydrogen-bond donors (Lipinski definition) is 0. The summed E-state index contributed by atoms with van der Waals surface area (Å²) >= 11 is 0. The van der Waals surface area contributed by atoms with Gasteiger partial charge in [0.2, 0.25) is 0 Å². The third-order valence-corrected chi connectivity index (χ3v) is 4.02. The van der Waals surface area contributed by atoms with Crippen molar-refractivity contribution in [3.8, 4) is 0 Å². The fourth-order valence-electron chi connectivity index (χ4n) is 2.62. The first-order valence-electron chi connectivity index (χ1n) is 6.48. The molecule has 1 fully saturated rings. The molecule has 1 nitrogen and oxygen atoms in total. The van der Waals surface area contributed by atoms with Crippen LogP contribution in [0.15, 0.2) is 18.2 Å². The highest BCUT2D eigenvalue weighted by Gasteiger charge is 2.18. The molecular weight excluding hydrogens is 194 g/mol. The Morgan fingerprint density at radius 1 is 1.00 bits per heavy atom. The van der Waals surface area contributed by atoms with E-state index in [0.717, 1.165) is 6.04 Å². The molecule has 1 aromatic carbocycles. The van der Waals surface area contributed by atoms with Gasteiger partial charge in [-0.15, -0.1) is 0 Å². The quantitative estimate of drug-likeness (QED) is 0.721. The van der Waals surface area contributed by atoms with Crippen molar-refractivity contribution in [2.45, 2.75) is 52.0 Å². The van der Waals surface area contributed by atoms with E-state index in [-0.39, 0.29) is 0 Å². The highest BCUT2D eigenvalue weighted by molar-refractivity contribution is 5.50. The molecule has 2 rings (SSSR count). The van der Waals surface area contributed by atoms with Crippen LogP contribution in [0.25, 0.3) is 0 Å². The van der Waals surface area contributed by atoms with Gasteiger partial charge in [0.25, 0.3) is 0 Å². The van der Waals surface area contributed by atoms with Crippen molar-refractivity contribution in [2.75, 3.05) is 11.9 Å². The largest absolute Gasteiger partial charge is 0.372 e. The van der Waals surface area contributed by atoms with Gasteiger partial charge in [0.05, 0.1) is 0 Å². The van der Waals surface area contributed by atoms with E-state index in [1.807, 2.05) is 0 Å². The molecule has 1 aliphatic rings. The Morgan fingerprint density at radius 2 is 1.69 bits per heavy atom. The lowest BCUT2D eigenvalue weighted by Gasteiger charge is -2.33. The monoisotopic (exact) mass is 217 g/mol. The van der Waals surface area contributed by atoms with Crippen LogP contribution < -0.4 is 4.90 Å². The van der Waals surface area contributed by atoms with Gasteiger partial charge in [-0.2, -0.15) is 0 Å². The molecule has 0 N–H and O–H groups in total. The van der Waals surface area contributed by atoms with E-state index in [1.54, 1.807) is 0 Å². The number of aryl methyl sites for hydroxylation is 2. The minimum absolute atomic E-state index is 0.760. The van der Waals surface area contributed by atoms with E-state index >= 15 is 0 Å². The lowest BCUT2D eigenvalue weighted by molar-refractivity contribution is 0.427. The van der Waals surface area contributed by atoms with Crippen LogP contribution in [0.3, 0.4) is 0 Å². The zero-order valence-corrected chi connectivity index (χ0v) is 10.8. The molecule has 0 bridgehead atoms. The maximum absolute atomic E-state index is 2.48. The summed E-state index contributed by atoms with van der Waals surface area (Å²) < 4.78 is 0. The molecule has 0 saturated heterocycles. The van der Waals surface area contributed by atoms with Crippen LogP contribution in [0.5, 0.6) is 0 Å². The second-order valence-corrected chi connectivity index (χ2v) is 5.17. The van der Waals surface area contributed by atoms with Gasteiger partial charge < -0.3 is 4.90 Å². The summed E-state index contributed by atoms with van der Waals surface area (Å²) in [5.41, 5.74) is 4.18. The highest BCUT2D eigenvalue weighted by atomic mass is 15.1. The highest BCUT2D eigenvalue weighted by Crippen LogP contribution is 2.27. The maximum atomic E-state index is 2.48. The third kappa shape index (κ3) is 2.40. The maximum Gasteiger partial charge on any atom is 0.0368 e. The van der Waals surface area contributed by atoms with Gasteiger partial charge in [-0.1, -0.05) is 25.3 Å². The summed E-state index contributed by atoms with van der Waals surface area (Å²) in [7, 11) is 2.25. The second-order valence-electron chi connectivity index (χ2n) is 5.17. The van der Waals surface area contributed by atoms with Gasteiger partial charge in [-0.25, -0.2) is 0 Å². The lowest BCUT2D eigenvalue weighted by atomic mass is 9.94. The molecule has 1 heteroatoms. The molecule has 0 amide bonds. The first-order chi connectivity index (χ1) is 7.68. The van der Waals surface area contributed by atoms with E-state index in [1.165, 1.54) is 48.9 Å². The van der Waals surface area contributed by atoms with E-state index < -0.39 is 0 Å². The van der Waals surface area contributed by atoms with Crippen LogP contribution in [0.4, 0.5) is 5.69 Å². The standard InChI is InChI=1S/C15H23N/c1-12-9-10-15(11-13(12)2)16(3)14-7-5-4-6-8-14/h9-11,14H,4-8H2,1-3H3. The van der Waals surface area contributed by atoms with E-state index in [2.05, 4.69) is 44.0 Å². The molecule has 1 aromatic rings. The smallest absolute Gasteiger partial charge is 0.0368 e. The van der Waals surface area contributed by atoms with Gasteiger partial charge in [0.1, 0.15) is 0 Å². The summed E-state index contributed by atoms with van der Waals surface area (Å²) in [4.78, 5) is 2.48. The van der Waals surface area contributed by atoms with E-state index in [4.69, 9.17) is 0 Å². The average Bonchev–Trinajstić information content (AvgIpc) is 2.33. The van der Waals surface area contributed by atoms with Crippen molar-refractivity contribution in [3.05, 3.63) is 29.3 Å². The first kappa shape index (κ1) is 11.5. The molecule has 0 unspecified atom stereocenters. The molecule has 1 aliphatic carbocycles. The molecule has 0 heterocycles. The lowest BCUT2D eigenvalue weighted by Crippen LogP contribution is -2.33. The van der Waals surface area contributed by atoms with E-state index in [0.29, 0.717) is 0 Å². The molecule has 0 spiro atoms. The van der Waals surface area contributed by atoms with Gasteiger partial charge in [-0.05, 0) is 49.9 Å². The minimum atomic E-state index is 0.760. The van der Waals surface area contributed by atoms with Crippen molar-refractivity contribution in [2.24, 2.45) is 0 Å². The fourth-order valence-corrected chi connectivity index (χ4v) is 2.62. The number of nitrogens with zero attached hydrogens (tertiary/aromatic N) is 1. The third-order valence-electron chi connectivity index (χ3n) is 4.02. The average molecular weight is 217 g/mol. The Kier molecular flexibility index (Phi) is 3.52. The molecule has 0 aromatic heterocycles. The SMILES string of the molecule is Cc1ccc(N(C)C2CCCCC2)cc1C. The van der Waals surface area contributed by atoms with Crippen molar-refractivity contribution >= 4 is 5.69 Å². The molecule has 0 radical (unpaired) electrons. The first-order valence-corrected chi connectivity index (χ1v) is 6.48. The second kappa shape index (κ2) is 4.90. The van der Waals surface area contributed by atoms with Crippen LogP contribution in [0, 0.1) is 13.8 Å². The zero-order chi connectivity index (χ0) is 11.5. The molecule has 16 heavy (non-hydrogen) atoms. The Morgan fingerprint density at radius 3 is 2.31 bits per heavy atom. The van der Waals surface area contributed by atoms with Crippen LogP contribution in [0.1, 0.15) is 43.2 Å². The Bertz CT molecular complexity index is 350. The number of anilines is 1. The topological polar surface area (TPSA) is 3.24 Å². The van der Waals surface area contributed by atoms with Gasteiger partial charge >= 0.3 is 0 Å². The Hall–Kier alpha value is -0.980. The fraction of sp³-hybridized carbons (Fsp3) is 0.600. The molecular formula is C15H23N. The summed E-state index contributed by atoms with van der Waals surface area (Å²) in [6, 6.07) is 7.58. The normalized spacial score (nSPS) is 17.4. The zero-order valence-electron chi connectivity index (χ0n) is 10.8. The molecule has 0 atom stereocenters. The van der Waals surface area contributed by atoms with Crippen molar-refractivity contribution < 1.29 is 0 Å². The Balaban J connectivity index is 2.12. The summed E-state index contributed by atoms with van der Waals surface area (Å²) in [5.74, 6) is 0. The van der Waals surface area contributed by atoms with E-state index in [9.17, 15) is 0 Å². The van der Waals surface area contributed by atoms with Crippen molar-refractivity contribution in [1.29, 1.82) is 0 Å². The van der Waals surface area contributed by atoms with Crippen LogP contribution in [0.2, 0.25) is 0 Å². The predicted octanol–water partition coefficient (Wildman–Crippen LogP) is 4.07. The predicted molar refractivity (Wildman–Crippen MR) is 71.2 cm³/mol. The van der Waals surface area contributed by atoms with Crippen LogP contribution >= 0.6 is 0 Å². The number of benzene rings is 1. The van der Waals surface area contributed by atoms with Crippen molar-refractivity contribution in [3.63, 3.8) is 0 Å². The van der Waals surface area contributed by atoms with Crippen LogP contribution in [-0.4, -0.2) is 13.1 Å². The van der Waals surface area contributed by atoms with Gasteiger partial charge in [0.15, 0.2) is 0 Å². The Labute approximate surface area is 99.5 Å². The summed E-state index contributed by atoms with van der Waals surface area (Å²) in [6.07, 6.45) is 6.96. The van der Waals surface area contributed by atoms with Crippen LogP contribution in [-0.2, 0) is 0 Å². The molecule has 88 valence electrons. The minimum Gasteiger partial charge on any atom is -0.372 e. The van der Waals surface area contributed by atoms with Gasteiger partial charge in [-0.3, -0.25) is 0 Å². The van der Waals surface area contributed by atoms with Crippen molar-refractivity contribution in [1.82, 2.24) is 0 Å². The van der Waals surface area contributed by atoms with Gasteiger partial charge in [0, 0.05) is 18.8 Å². The molecule has 1 saturated carbocycles. The number of hydrogen-bond acceptors (Lipinski definition) is 1. The summed E-state index contributed by atoms with van der Waals surface area (Å²) in [6.45, 7) is 4.38.